The second-order valence-electron chi connectivity index (χ2n) is 8.45. The number of hydrogen-bond donors (Lipinski definition) is 1. The molecule has 2 heterocycles. The Balaban J connectivity index is 1.49. The molecule has 0 unspecified atom stereocenters. The molecule has 0 aliphatic carbocycles. The van der Waals surface area contributed by atoms with Gasteiger partial charge in [-0.2, -0.15) is 0 Å². The molecule has 1 N–H and O–H groups in total. The number of nitrogens with one attached hydrogen (secondary N) is 1. The Morgan fingerprint density at radius 2 is 1.66 bits per heavy atom. The van der Waals surface area contributed by atoms with Crippen LogP contribution in [0, 0.1) is 0 Å². The maximum atomic E-state index is 13.7. The third kappa shape index (κ3) is 3.99. The van der Waals surface area contributed by atoms with Crippen molar-refractivity contribution in [3.05, 3.63) is 89.6 Å². The second-order valence-corrected chi connectivity index (χ2v) is 8.45. The van der Waals surface area contributed by atoms with Gasteiger partial charge in [0, 0.05) is 29.2 Å². The second kappa shape index (κ2) is 9.18. The largest absolute Gasteiger partial charge is 0.497 e. The van der Waals surface area contributed by atoms with Gasteiger partial charge < -0.3 is 24.3 Å². The molecule has 1 aliphatic heterocycles. The Morgan fingerprint density at radius 3 is 2.34 bits per heavy atom. The van der Waals surface area contributed by atoms with Gasteiger partial charge in [-0.05, 0) is 55.0 Å². The predicted octanol–water partition coefficient (Wildman–Crippen LogP) is 4.77. The summed E-state index contributed by atoms with van der Waals surface area (Å²) in [4.78, 5) is 28.4. The fraction of sp³-hybridized carbons (Fsp3) is 0.214. The first-order chi connectivity index (χ1) is 17.0. The third-order valence-corrected chi connectivity index (χ3v) is 6.39. The molecule has 4 aromatic rings. The van der Waals surface area contributed by atoms with Crippen molar-refractivity contribution in [2.24, 2.45) is 7.05 Å². The number of fused-ring (bicyclic) bond motifs is 3. The number of anilines is 1. The molecule has 178 valence electrons. The van der Waals surface area contributed by atoms with Gasteiger partial charge in [0.2, 0.25) is 5.91 Å². The summed E-state index contributed by atoms with van der Waals surface area (Å²) >= 11 is 0. The average Bonchev–Trinajstić information content (AvgIpc) is 3.33. The molecule has 5 rings (SSSR count). The van der Waals surface area contributed by atoms with Gasteiger partial charge >= 0.3 is 0 Å². The third-order valence-electron chi connectivity index (χ3n) is 6.39. The molecule has 1 atom stereocenters. The lowest BCUT2D eigenvalue weighted by atomic mass is 9.98. The van der Waals surface area contributed by atoms with Crippen LogP contribution in [-0.2, 0) is 11.8 Å². The quantitative estimate of drug-likeness (QED) is 0.423. The Kier molecular flexibility index (Phi) is 5.91. The van der Waals surface area contributed by atoms with E-state index in [9.17, 15) is 9.59 Å². The van der Waals surface area contributed by atoms with Crippen LogP contribution in [0.4, 0.5) is 5.69 Å². The van der Waals surface area contributed by atoms with Crippen molar-refractivity contribution < 1.29 is 19.1 Å². The molecule has 0 fully saturated rings. The summed E-state index contributed by atoms with van der Waals surface area (Å²) < 4.78 is 12.7. The van der Waals surface area contributed by atoms with E-state index >= 15 is 0 Å². The van der Waals surface area contributed by atoms with Crippen LogP contribution in [0.1, 0.15) is 34.6 Å². The summed E-state index contributed by atoms with van der Waals surface area (Å²) in [7, 11) is 3.52. The van der Waals surface area contributed by atoms with Crippen LogP contribution < -0.4 is 14.8 Å². The monoisotopic (exact) mass is 469 g/mol. The maximum absolute atomic E-state index is 13.7. The minimum atomic E-state index is -0.388. The molecule has 0 saturated heterocycles. The summed E-state index contributed by atoms with van der Waals surface area (Å²) in [6.07, 6.45) is 0. The number of benzene rings is 3. The first kappa shape index (κ1) is 22.5. The number of para-hydroxylation sites is 1. The number of aromatic nitrogens is 1. The van der Waals surface area contributed by atoms with Crippen LogP contribution >= 0.6 is 0 Å². The molecule has 1 aliphatic rings. The normalized spacial score (nSPS) is 14.8. The molecule has 7 heteroatoms. The summed E-state index contributed by atoms with van der Waals surface area (Å²) in [6.45, 7) is 2.42. The van der Waals surface area contributed by atoms with Crippen LogP contribution in [0.25, 0.3) is 10.9 Å². The fourth-order valence-corrected chi connectivity index (χ4v) is 4.82. The van der Waals surface area contributed by atoms with Gasteiger partial charge in [-0.3, -0.25) is 9.59 Å². The van der Waals surface area contributed by atoms with E-state index in [0.717, 1.165) is 33.5 Å². The predicted molar refractivity (Wildman–Crippen MR) is 135 cm³/mol. The summed E-state index contributed by atoms with van der Waals surface area (Å²) in [5, 5.41) is 3.91. The summed E-state index contributed by atoms with van der Waals surface area (Å²) in [5.74, 6) is 1.04. The van der Waals surface area contributed by atoms with E-state index in [4.69, 9.17) is 9.47 Å². The number of hydrogen-bond acceptors (Lipinski definition) is 4. The van der Waals surface area contributed by atoms with Gasteiger partial charge in [0.25, 0.3) is 5.91 Å². The number of methoxy groups -OCH3 is 1. The first-order valence-electron chi connectivity index (χ1n) is 11.6. The zero-order valence-corrected chi connectivity index (χ0v) is 19.9. The highest BCUT2D eigenvalue weighted by Gasteiger charge is 2.42. The summed E-state index contributed by atoms with van der Waals surface area (Å²) in [5.41, 5.74) is 4.09. The number of rotatable bonds is 7. The van der Waals surface area contributed by atoms with E-state index in [-0.39, 0.29) is 24.4 Å². The van der Waals surface area contributed by atoms with Crippen LogP contribution in [0.3, 0.4) is 0 Å². The lowest BCUT2D eigenvalue weighted by molar-refractivity contribution is -0.117. The van der Waals surface area contributed by atoms with Crippen molar-refractivity contribution in [1.29, 1.82) is 0 Å². The molecule has 2 amide bonds. The van der Waals surface area contributed by atoms with E-state index in [2.05, 4.69) is 5.32 Å². The summed E-state index contributed by atoms with van der Waals surface area (Å²) in [6, 6.07) is 22.4. The van der Waals surface area contributed by atoms with Crippen LogP contribution in [0.5, 0.6) is 11.5 Å². The first-order valence-corrected chi connectivity index (χ1v) is 11.6. The highest BCUT2D eigenvalue weighted by molar-refractivity contribution is 6.08. The van der Waals surface area contributed by atoms with Crippen molar-refractivity contribution >= 4 is 28.4 Å². The lowest BCUT2D eigenvalue weighted by Crippen LogP contribution is -2.37. The molecule has 35 heavy (non-hydrogen) atoms. The van der Waals surface area contributed by atoms with Gasteiger partial charge in [0.15, 0.2) is 0 Å². The standard InChI is InChI=1S/C28H27N3O4/c1-4-35-21-15-11-19(12-16-21)29-24(32)17-31-26(18-9-13-20(34-3)14-10-18)25-22-7-5-6-8-23(22)30(2)27(25)28(31)33/h5-16,26H,4,17H2,1-3H3,(H,29,32)/t26-/m0/s1. The zero-order valence-electron chi connectivity index (χ0n) is 19.9. The maximum Gasteiger partial charge on any atom is 0.272 e. The van der Waals surface area contributed by atoms with Crippen molar-refractivity contribution in [2.75, 3.05) is 25.6 Å². The van der Waals surface area contributed by atoms with Gasteiger partial charge in [0.1, 0.15) is 23.7 Å². The number of ether oxygens (including phenoxy) is 2. The van der Waals surface area contributed by atoms with Gasteiger partial charge in [-0.15, -0.1) is 0 Å². The Labute approximate surface area is 203 Å². The van der Waals surface area contributed by atoms with E-state index in [1.807, 2.05) is 79.2 Å². The minimum absolute atomic E-state index is 0.0776. The van der Waals surface area contributed by atoms with Crippen molar-refractivity contribution in [2.45, 2.75) is 13.0 Å². The highest BCUT2D eigenvalue weighted by atomic mass is 16.5. The molecule has 0 radical (unpaired) electrons. The van der Waals surface area contributed by atoms with Crippen LogP contribution in [0.15, 0.2) is 72.8 Å². The van der Waals surface area contributed by atoms with Crippen molar-refractivity contribution in [1.82, 2.24) is 9.47 Å². The minimum Gasteiger partial charge on any atom is -0.497 e. The molecule has 0 bridgehead atoms. The van der Waals surface area contributed by atoms with Gasteiger partial charge in [-0.1, -0.05) is 30.3 Å². The lowest BCUT2D eigenvalue weighted by Gasteiger charge is -2.26. The number of aryl methyl sites for hydroxylation is 1. The molecular weight excluding hydrogens is 442 g/mol. The molecule has 1 aromatic heterocycles. The van der Waals surface area contributed by atoms with E-state index in [1.54, 1.807) is 24.1 Å². The molecule has 0 spiro atoms. The number of amides is 2. The smallest absolute Gasteiger partial charge is 0.272 e. The van der Waals surface area contributed by atoms with Gasteiger partial charge in [0.05, 0.1) is 19.8 Å². The Bertz CT molecular complexity index is 1390. The topological polar surface area (TPSA) is 72.8 Å². The highest BCUT2D eigenvalue weighted by Crippen LogP contribution is 2.44. The average molecular weight is 470 g/mol. The molecule has 0 saturated carbocycles. The van der Waals surface area contributed by atoms with Crippen molar-refractivity contribution in [3.63, 3.8) is 0 Å². The molecule has 3 aromatic carbocycles. The van der Waals surface area contributed by atoms with E-state index in [0.29, 0.717) is 18.0 Å². The van der Waals surface area contributed by atoms with Crippen molar-refractivity contribution in [3.8, 4) is 11.5 Å². The molecule has 7 nitrogen and oxygen atoms in total. The number of carbonyl (C=O) groups is 2. The Morgan fingerprint density at radius 1 is 0.971 bits per heavy atom. The Hall–Kier alpha value is -4.26. The number of carbonyl (C=O) groups excluding carboxylic acids is 2. The number of nitrogens with zero attached hydrogens (tertiary/aromatic N) is 2. The van der Waals surface area contributed by atoms with Gasteiger partial charge in [-0.25, -0.2) is 0 Å². The van der Waals surface area contributed by atoms with E-state index in [1.165, 1.54) is 0 Å². The molecular formula is C28H27N3O4. The SMILES string of the molecule is CCOc1ccc(NC(=O)CN2C(=O)c3c(c4ccccc4n3C)[C@@H]2c2ccc(OC)cc2)cc1. The fourth-order valence-electron chi connectivity index (χ4n) is 4.82. The zero-order chi connectivity index (χ0) is 24.5. The van der Waals surface area contributed by atoms with Crippen LogP contribution in [0.2, 0.25) is 0 Å². The van der Waals surface area contributed by atoms with E-state index < -0.39 is 0 Å². The van der Waals surface area contributed by atoms with Crippen LogP contribution in [-0.4, -0.2) is 41.5 Å².